The molecule has 0 bridgehead atoms. The molecule has 1 heterocycles. The second-order valence-electron chi connectivity index (χ2n) is 3.09. The van der Waals surface area contributed by atoms with E-state index in [0.29, 0.717) is 12.2 Å². The highest BCUT2D eigenvalue weighted by Crippen LogP contribution is 2.31. The molecule has 5 heteroatoms. The quantitative estimate of drug-likeness (QED) is 0.404. The van der Waals surface area contributed by atoms with Crippen LogP contribution in [-0.4, -0.2) is 12.6 Å². The summed E-state index contributed by atoms with van der Waals surface area (Å²) >= 11 is 0. The van der Waals surface area contributed by atoms with E-state index in [4.69, 9.17) is 10.3 Å². The second-order valence-corrected chi connectivity index (χ2v) is 3.09. The van der Waals surface area contributed by atoms with Crippen LogP contribution in [0.4, 0.5) is 4.39 Å². The maximum atomic E-state index is 13.2. The number of nitrogens with zero attached hydrogens (tertiary/aromatic N) is 3. The third-order valence-corrected chi connectivity index (χ3v) is 2.13. The molecule has 1 atom stereocenters. The number of para-hydroxylation sites is 1. The van der Waals surface area contributed by atoms with Gasteiger partial charge in [0.2, 0.25) is 0 Å². The molecule has 0 aliphatic carbocycles. The van der Waals surface area contributed by atoms with Gasteiger partial charge in [-0.3, -0.25) is 0 Å². The van der Waals surface area contributed by atoms with Crippen molar-refractivity contribution in [1.29, 1.82) is 0 Å². The first kappa shape index (κ1) is 8.84. The normalized spacial score (nSPS) is 18.2. The lowest BCUT2D eigenvalue weighted by Crippen LogP contribution is -2.16. The molecule has 0 saturated heterocycles. The maximum Gasteiger partial charge on any atom is 0.165 e. The van der Waals surface area contributed by atoms with Crippen molar-refractivity contribution >= 4 is 0 Å². The Hall–Kier alpha value is -1.74. The minimum absolute atomic E-state index is 0.224. The zero-order valence-electron chi connectivity index (χ0n) is 7.35. The van der Waals surface area contributed by atoms with E-state index in [-0.39, 0.29) is 18.5 Å². The van der Waals surface area contributed by atoms with Crippen molar-refractivity contribution < 1.29 is 9.13 Å². The molecule has 1 aromatic rings. The van der Waals surface area contributed by atoms with Crippen molar-refractivity contribution in [2.75, 3.05) is 6.54 Å². The van der Waals surface area contributed by atoms with Gasteiger partial charge in [0.15, 0.2) is 11.6 Å². The summed E-state index contributed by atoms with van der Waals surface area (Å²) in [6, 6.07) is 4.82. The third kappa shape index (κ3) is 1.49. The van der Waals surface area contributed by atoms with E-state index in [1.165, 1.54) is 6.07 Å². The highest BCUT2D eigenvalue weighted by atomic mass is 19.1. The molecule has 0 fully saturated rings. The number of fused-ring (bicyclic) bond motifs is 1. The minimum atomic E-state index is -0.356. The fourth-order valence-electron chi connectivity index (χ4n) is 1.53. The molecule has 0 amide bonds. The van der Waals surface area contributed by atoms with Gasteiger partial charge in [-0.1, -0.05) is 17.2 Å². The smallest absolute Gasteiger partial charge is 0.165 e. The summed E-state index contributed by atoms with van der Waals surface area (Å²) in [6.45, 7) is 0.241. The summed E-state index contributed by atoms with van der Waals surface area (Å²) in [5.74, 6) is -0.0587. The van der Waals surface area contributed by atoms with E-state index < -0.39 is 0 Å². The molecule has 1 aliphatic heterocycles. The zero-order valence-corrected chi connectivity index (χ0v) is 7.35. The Labute approximate surface area is 79.9 Å². The van der Waals surface area contributed by atoms with E-state index in [1.807, 2.05) is 6.07 Å². The Morgan fingerprint density at radius 2 is 2.50 bits per heavy atom. The number of hydrogen-bond donors (Lipinski definition) is 0. The molecule has 4 nitrogen and oxygen atoms in total. The van der Waals surface area contributed by atoms with Crippen molar-refractivity contribution in [3.05, 3.63) is 40.0 Å². The Bertz CT molecular complexity index is 401. The standard InChI is InChI=1S/C9H8FN3O/c10-8-3-1-2-6-4-7(5-12-13-11)14-9(6)8/h1-3,7H,4-5H2/t7-/m0/s1. The summed E-state index contributed by atoms with van der Waals surface area (Å²) in [5, 5.41) is 3.40. The summed E-state index contributed by atoms with van der Waals surface area (Å²) in [6.07, 6.45) is 0.379. The van der Waals surface area contributed by atoms with Gasteiger partial charge in [0, 0.05) is 16.9 Å². The van der Waals surface area contributed by atoms with Crippen LogP contribution in [0, 0.1) is 5.82 Å². The van der Waals surface area contributed by atoms with Crippen LogP contribution in [-0.2, 0) is 6.42 Å². The lowest BCUT2D eigenvalue weighted by Gasteiger charge is -2.05. The molecule has 1 aliphatic rings. The third-order valence-electron chi connectivity index (χ3n) is 2.13. The average molecular weight is 193 g/mol. The van der Waals surface area contributed by atoms with E-state index in [0.717, 1.165) is 5.56 Å². The van der Waals surface area contributed by atoms with Crippen LogP contribution >= 0.6 is 0 Å². The van der Waals surface area contributed by atoms with Gasteiger partial charge in [-0.05, 0) is 11.6 Å². The van der Waals surface area contributed by atoms with Gasteiger partial charge in [0.05, 0.1) is 6.54 Å². The van der Waals surface area contributed by atoms with Crippen LogP contribution in [0.1, 0.15) is 5.56 Å². The van der Waals surface area contributed by atoms with Crippen LogP contribution in [0.5, 0.6) is 5.75 Å². The van der Waals surface area contributed by atoms with Crippen molar-refractivity contribution in [1.82, 2.24) is 0 Å². The highest BCUT2D eigenvalue weighted by Gasteiger charge is 2.24. The van der Waals surface area contributed by atoms with E-state index in [9.17, 15) is 4.39 Å². The molecule has 0 aromatic heterocycles. The summed E-state index contributed by atoms with van der Waals surface area (Å²) < 4.78 is 18.5. The van der Waals surface area contributed by atoms with Crippen LogP contribution in [0.3, 0.4) is 0 Å². The van der Waals surface area contributed by atoms with Gasteiger partial charge in [-0.15, -0.1) is 0 Å². The Morgan fingerprint density at radius 3 is 3.21 bits per heavy atom. The van der Waals surface area contributed by atoms with E-state index >= 15 is 0 Å². The van der Waals surface area contributed by atoms with Gasteiger partial charge in [0.1, 0.15) is 6.10 Å². The molecule has 0 unspecified atom stereocenters. The van der Waals surface area contributed by atoms with Gasteiger partial charge in [-0.25, -0.2) is 4.39 Å². The number of halogens is 1. The Balaban J connectivity index is 2.17. The van der Waals surface area contributed by atoms with Crippen LogP contribution in [0.15, 0.2) is 23.3 Å². The highest BCUT2D eigenvalue weighted by molar-refractivity contribution is 5.38. The van der Waals surface area contributed by atoms with Gasteiger partial charge in [-0.2, -0.15) is 0 Å². The monoisotopic (exact) mass is 193 g/mol. The summed E-state index contributed by atoms with van der Waals surface area (Å²) in [5.41, 5.74) is 8.96. The van der Waals surface area contributed by atoms with E-state index in [1.54, 1.807) is 6.07 Å². The molecule has 0 radical (unpaired) electrons. The van der Waals surface area contributed by atoms with E-state index in [2.05, 4.69) is 10.0 Å². The molecule has 72 valence electrons. The minimum Gasteiger partial charge on any atom is -0.487 e. The number of hydrogen-bond acceptors (Lipinski definition) is 2. The fraction of sp³-hybridized carbons (Fsp3) is 0.333. The van der Waals surface area contributed by atoms with Crippen LogP contribution in [0.2, 0.25) is 0 Å². The molecular weight excluding hydrogens is 185 g/mol. The average Bonchev–Trinajstić information content (AvgIpc) is 2.59. The largest absolute Gasteiger partial charge is 0.487 e. The maximum absolute atomic E-state index is 13.2. The Morgan fingerprint density at radius 1 is 1.64 bits per heavy atom. The van der Waals surface area contributed by atoms with Crippen molar-refractivity contribution in [3.8, 4) is 5.75 Å². The molecule has 2 rings (SSSR count). The molecule has 0 spiro atoms. The summed E-state index contributed by atoms with van der Waals surface area (Å²) in [7, 11) is 0. The lowest BCUT2D eigenvalue weighted by molar-refractivity contribution is 0.232. The van der Waals surface area contributed by atoms with Gasteiger partial charge >= 0.3 is 0 Å². The zero-order chi connectivity index (χ0) is 9.97. The SMILES string of the molecule is [N-]=[N+]=NC[C@@H]1Cc2cccc(F)c2O1. The van der Waals surface area contributed by atoms with Gasteiger partial charge in [0.25, 0.3) is 0 Å². The number of rotatable bonds is 2. The molecule has 14 heavy (non-hydrogen) atoms. The molecule has 0 N–H and O–H groups in total. The summed E-state index contributed by atoms with van der Waals surface area (Å²) in [4.78, 5) is 2.64. The first-order valence-electron chi connectivity index (χ1n) is 4.26. The van der Waals surface area contributed by atoms with Crippen LogP contribution in [0.25, 0.3) is 10.4 Å². The number of ether oxygens (including phenoxy) is 1. The predicted octanol–water partition coefficient (Wildman–Crippen LogP) is 2.44. The van der Waals surface area contributed by atoms with Crippen molar-refractivity contribution in [3.63, 3.8) is 0 Å². The Kier molecular flexibility index (Phi) is 2.24. The second kappa shape index (κ2) is 3.55. The van der Waals surface area contributed by atoms with Crippen molar-refractivity contribution in [2.24, 2.45) is 5.11 Å². The first-order valence-corrected chi connectivity index (χ1v) is 4.26. The number of benzene rings is 1. The number of azide groups is 1. The molecule has 1 aromatic carbocycles. The first-order chi connectivity index (χ1) is 6.81. The van der Waals surface area contributed by atoms with Crippen molar-refractivity contribution in [2.45, 2.75) is 12.5 Å². The topological polar surface area (TPSA) is 58.0 Å². The van der Waals surface area contributed by atoms with Gasteiger partial charge < -0.3 is 4.74 Å². The molecular formula is C9H8FN3O. The van der Waals surface area contributed by atoms with Crippen LogP contribution < -0.4 is 4.74 Å². The predicted molar refractivity (Wildman–Crippen MR) is 48.5 cm³/mol. The molecule has 0 saturated carbocycles. The lowest BCUT2D eigenvalue weighted by atomic mass is 10.1. The fourth-order valence-corrected chi connectivity index (χ4v) is 1.53.